The molecule has 6 heteroatoms. The van der Waals surface area contributed by atoms with Gasteiger partial charge in [-0.05, 0) is 19.1 Å². The third-order valence-electron chi connectivity index (χ3n) is 3.86. The first-order chi connectivity index (χ1) is 9.39. The molecule has 20 heavy (non-hydrogen) atoms. The minimum Gasteiger partial charge on any atom is -0.457 e. The van der Waals surface area contributed by atoms with Crippen LogP contribution in [-0.2, 0) is 19.6 Å². The number of rotatable bonds is 2. The molecule has 0 saturated carbocycles. The van der Waals surface area contributed by atoms with Crippen molar-refractivity contribution in [2.75, 3.05) is 13.1 Å². The molecule has 2 heterocycles. The van der Waals surface area contributed by atoms with E-state index in [9.17, 15) is 13.2 Å². The molecule has 3 rings (SSSR count). The summed E-state index contributed by atoms with van der Waals surface area (Å²) in [4.78, 5) is 11.6. The molecule has 0 aliphatic carbocycles. The number of fused-ring (bicyclic) bond motifs is 1. The van der Waals surface area contributed by atoms with Crippen LogP contribution in [0, 0.1) is 12.8 Å². The smallest absolute Gasteiger partial charge is 0.334 e. The first kappa shape index (κ1) is 13.3. The zero-order chi connectivity index (χ0) is 14.5. The third kappa shape index (κ3) is 1.96. The van der Waals surface area contributed by atoms with Crippen LogP contribution in [-0.4, -0.2) is 37.9 Å². The highest BCUT2D eigenvalue weighted by Crippen LogP contribution is 2.35. The van der Waals surface area contributed by atoms with Crippen molar-refractivity contribution < 1.29 is 17.9 Å². The highest BCUT2D eigenvalue weighted by atomic mass is 32.2. The van der Waals surface area contributed by atoms with Crippen LogP contribution in [0.25, 0.3) is 0 Å². The highest BCUT2D eigenvalue weighted by molar-refractivity contribution is 7.89. The van der Waals surface area contributed by atoms with Gasteiger partial charge in [-0.1, -0.05) is 24.3 Å². The van der Waals surface area contributed by atoms with E-state index >= 15 is 0 Å². The summed E-state index contributed by atoms with van der Waals surface area (Å²) in [7, 11) is -3.54. The van der Waals surface area contributed by atoms with Gasteiger partial charge in [-0.15, -0.1) is 0 Å². The number of esters is 1. The van der Waals surface area contributed by atoms with Crippen LogP contribution < -0.4 is 0 Å². The number of carbonyl (C=O) groups excluding carboxylic acids is 1. The van der Waals surface area contributed by atoms with E-state index in [1.807, 2.05) is 6.92 Å². The van der Waals surface area contributed by atoms with E-state index < -0.39 is 22.1 Å². The van der Waals surface area contributed by atoms with Crippen molar-refractivity contribution in [3.63, 3.8) is 0 Å². The van der Waals surface area contributed by atoms with Gasteiger partial charge in [0.2, 0.25) is 10.0 Å². The number of ether oxygens (including phenoxy) is 1. The third-order valence-corrected chi connectivity index (χ3v) is 5.71. The highest BCUT2D eigenvalue weighted by Gasteiger charge is 2.48. The number of benzene rings is 1. The molecule has 0 aromatic heterocycles. The quantitative estimate of drug-likeness (QED) is 0.605. The van der Waals surface area contributed by atoms with Crippen LogP contribution in [0.15, 0.2) is 41.3 Å². The van der Waals surface area contributed by atoms with Crippen LogP contribution in [0.1, 0.15) is 5.56 Å². The Labute approximate surface area is 117 Å². The van der Waals surface area contributed by atoms with Gasteiger partial charge < -0.3 is 4.74 Å². The molecule has 106 valence electrons. The Hall–Kier alpha value is -1.66. The first-order valence-electron chi connectivity index (χ1n) is 6.36. The molecular weight excluding hydrogens is 278 g/mol. The van der Waals surface area contributed by atoms with E-state index in [4.69, 9.17) is 4.74 Å². The molecule has 0 bridgehead atoms. The molecule has 0 amide bonds. The zero-order valence-corrected chi connectivity index (χ0v) is 11.9. The number of nitrogens with zero attached hydrogens (tertiary/aromatic N) is 1. The fourth-order valence-electron chi connectivity index (χ4n) is 2.61. The van der Waals surface area contributed by atoms with Gasteiger partial charge in [-0.25, -0.2) is 13.2 Å². The van der Waals surface area contributed by atoms with Crippen LogP contribution >= 0.6 is 0 Å². The van der Waals surface area contributed by atoms with E-state index in [-0.39, 0.29) is 23.9 Å². The lowest BCUT2D eigenvalue weighted by atomic mass is 10.0. The van der Waals surface area contributed by atoms with E-state index in [0.29, 0.717) is 5.57 Å². The molecule has 0 N–H and O–H groups in total. The van der Waals surface area contributed by atoms with Crippen molar-refractivity contribution in [2.24, 2.45) is 5.92 Å². The molecule has 2 aliphatic heterocycles. The Morgan fingerprint density at radius 2 is 1.90 bits per heavy atom. The summed E-state index contributed by atoms with van der Waals surface area (Å²) < 4.78 is 31.5. The summed E-state index contributed by atoms with van der Waals surface area (Å²) in [6, 6.07) is 6.73. The molecule has 1 aromatic carbocycles. The maximum absolute atomic E-state index is 12.5. The van der Waals surface area contributed by atoms with Gasteiger partial charge in [0, 0.05) is 18.0 Å². The minimum atomic E-state index is -3.54. The van der Waals surface area contributed by atoms with Crippen molar-refractivity contribution >= 4 is 16.0 Å². The van der Waals surface area contributed by atoms with Gasteiger partial charge in [0.1, 0.15) is 6.10 Å². The van der Waals surface area contributed by atoms with Crippen LogP contribution in [0.5, 0.6) is 0 Å². The lowest BCUT2D eigenvalue weighted by Gasteiger charge is -2.17. The number of aryl methyl sites for hydroxylation is 1. The average Bonchev–Trinajstić information content (AvgIpc) is 2.92. The molecule has 0 spiro atoms. The molecule has 1 aromatic rings. The molecule has 2 fully saturated rings. The van der Waals surface area contributed by atoms with Crippen molar-refractivity contribution in [1.82, 2.24) is 4.31 Å². The van der Waals surface area contributed by atoms with Crippen molar-refractivity contribution in [2.45, 2.75) is 17.9 Å². The number of hydrogen-bond donors (Lipinski definition) is 0. The lowest BCUT2D eigenvalue weighted by Crippen LogP contribution is -2.31. The van der Waals surface area contributed by atoms with E-state index in [0.717, 1.165) is 5.56 Å². The number of sulfonamides is 1. The average molecular weight is 293 g/mol. The van der Waals surface area contributed by atoms with Crippen molar-refractivity contribution in [3.8, 4) is 0 Å². The first-order valence-corrected chi connectivity index (χ1v) is 7.80. The van der Waals surface area contributed by atoms with E-state index in [2.05, 4.69) is 6.58 Å². The van der Waals surface area contributed by atoms with Gasteiger partial charge in [0.25, 0.3) is 0 Å². The summed E-state index contributed by atoms with van der Waals surface area (Å²) >= 11 is 0. The summed E-state index contributed by atoms with van der Waals surface area (Å²) in [5.41, 5.74) is 1.38. The molecule has 0 radical (unpaired) electrons. The second-order valence-corrected chi connectivity index (χ2v) is 7.15. The number of carbonyl (C=O) groups is 1. The summed E-state index contributed by atoms with van der Waals surface area (Å²) in [6.45, 7) is 6.04. The number of hydrogen-bond acceptors (Lipinski definition) is 4. The van der Waals surface area contributed by atoms with Crippen LogP contribution in [0.4, 0.5) is 0 Å². The summed E-state index contributed by atoms with van der Waals surface area (Å²) in [5.74, 6) is -0.630. The Balaban J connectivity index is 1.86. The standard InChI is InChI=1S/C14H15NO4S/c1-9-3-5-11(6-4-9)20(17,18)15-7-12-10(2)14(16)19-13(12)8-15/h3-6,12-13H,2,7-8H2,1H3. The summed E-state index contributed by atoms with van der Waals surface area (Å²) in [5, 5.41) is 0. The molecule has 5 nitrogen and oxygen atoms in total. The van der Waals surface area contributed by atoms with Gasteiger partial charge >= 0.3 is 5.97 Å². The molecule has 2 atom stereocenters. The second-order valence-electron chi connectivity index (χ2n) is 5.21. The Morgan fingerprint density at radius 3 is 2.50 bits per heavy atom. The molecule has 2 aliphatic rings. The normalized spacial score (nSPS) is 26.6. The lowest BCUT2D eigenvalue weighted by molar-refractivity contribution is -0.138. The molecule has 2 saturated heterocycles. The van der Waals surface area contributed by atoms with Gasteiger partial charge in [-0.3, -0.25) is 0 Å². The Morgan fingerprint density at radius 1 is 1.25 bits per heavy atom. The van der Waals surface area contributed by atoms with Gasteiger partial charge in [0.05, 0.1) is 11.4 Å². The van der Waals surface area contributed by atoms with Gasteiger partial charge in [-0.2, -0.15) is 4.31 Å². The van der Waals surface area contributed by atoms with Crippen LogP contribution in [0.2, 0.25) is 0 Å². The SMILES string of the molecule is C=C1C(=O)OC2CN(S(=O)(=O)c3ccc(C)cc3)CC12. The Bertz CT molecular complexity index is 678. The monoisotopic (exact) mass is 293 g/mol. The predicted molar refractivity (Wildman–Crippen MR) is 72.4 cm³/mol. The predicted octanol–water partition coefficient (Wildman–Crippen LogP) is 1.10. The van der Waals surface area contributed by atoms with Gasteiger partial charge in [0.15, 0.2) is 0 Å². The van der Waals surface area contributed by atoms with Crippen LogP contribution in [0.3, 0.4) is 0 Å². The maximum Gasteiger partial charge on any atom is 0.334 e. The van der Waals surface area contributed by atoms with E-state index in [1.54, 1.807) is 24.3 Å². The minimum absolute atomic E-state index is 0.200. The van der Waals surface area contributed by atoms with Crippen molar-refractivity contribution in [1.29, 1.82) is 0 Å². The second kappa shape index (κ2) is 4.43. The zero-order valence-electron chi connectivity index (χ0n) is 11.1. The fraction of sp³-hybridized carbons (Fsp3) is 0.357. The topological polar surface area (TPSA) is 63.7 Å². The maximum atomic E-state index is 12.5. The van der Waals surface area contributed by atoms with Crippen molar-refractivity contribution in [3.05, 3.63) is 42.0 Å². The molecule has 2 unspecified atom stereocenters. The molecular formula is C14H15NO4S. The Kier molecular flexibility index (Phi) is 2.95. The summed E-state index contributed by atoms with van der Waals surface area (Å²) in [6.07, 6.45) is -0.393. The largest absolute Gasteiger partial charge is 0.457 e. The van der Waals surface area contributed by atoms with E-state index in [1.165, 1.54) is 4.31 Å². The fourth-order valence-corrected chi connectivity index (χ4v) is 4.09.